The van der Waals surface area contributed by atoms with E-state index in [0.29, 0.717) is 5.92 Å². The van der Waals surface area contributed by atoms with Crippen molar-refractivity contribution >= 4 is 39.4 Å². The molecule has 0 aromatic heterocycles. The number of hydrazone groups is 1. The van der Waals surface area contributed by atoms with E-state index in [4.69, 9.17) is 11.6 Å². The number of para-hydroxylation sites is 1. The maximum absolute atomic E-state index is 6.31. The molecule has 2 aromatic rings. The highest BCUT2D eigenvalue weighted by Gasteiger charge is 2.31. The number of nitrogens with zero attached hydrogens (tertiary/aromatic N) is 2. The van der Waals surface area contributed by atoms with Gasteiger partial charge in [0, 0.05) is 16.6 Å². The first kappa shape index (κ1) is 13.7. The second-order valence-electron chi connectivity index (χ2n) is 4.92. The van der Waals surface area contributed by atoms with Crippen LogP contribution in [0.3, 0.4) is 0 Å². The van der Waals surface area contributed by atoms with E-state index in [0.717, 1.165) is 15.2 Å². The van der Waals surface area contributed by atoms with Gasteiger partial charge >= 0.3 is 0 Å². The molecule has 1 aliphatic heterocycles. The fourth-order valence-corrected chi connectivity index (χ4v) is 2.99. The monoisotopic (exact) mass is 348 g/mol. The van der Waals surface area contributed by atoms with Crippen LogP contribution in [0, 0.1) is 5.92 Å². The van der Waals surface area contributed by atoms with Gasteiger partial charge in [-0.1, -0.05) is 58.7 Å². The molecule has 0 fully saturated rings. The van der Waals surface area contributed by atoms with Gasteiger partial charge in [-0.3, -0.25) is 5.01 Å². The van der Waals surface area contributed by atoms with Crippen LogP contribution in [0.15, 0.2) is 58.1 Å². The molecule has 2 aromatic carbocycles. The Labute approximate surface area is 132 Å². The van der Waals surface area contributed by atoms with Crippen LogP contribution in [0.5, 0.6) is 0 Å². The first-order chi connectivity index (χ1) is 9.66. The van der Waals surface area contributed by atoms with Gasteiger partial charge in [-0.05, 0) is 29.8 Å². The number of halogens is 2. The zero-order chi connectivity index (χ0) is 14.1. The van der Waals surface area contributed by atoms with Crippen molar-refractivity contribution < 1.29 is 0 Å². The van der Waals surface area contributed by atoms with Crippen molar-refractivity contribution in [1.82, 2.24) is 0 Å². The Kier molecular flexibility index (Phi) is 3.81. The molecule has 1 aliphatic rings. The van der Waals surface area contributed by atoms with Crippen molar-refractivity contribution in [2.75, 3.05) is 5.01 Å². The third-order valence-corrected chi connectivity index (χ3v) is 4.35. The Morgan fingerprint density at radius 2 is 1.80 bits per heavy atom. The number of rotatable bonds is 2. The van der Waals surface area contributed by atoms with Crippen molar-refractivity contribution in [2.24, 2.45) is 11.0 Å². The minimum atomic E-state index is 0.183. The summed E-state index contributed by atoms with van der Waals surface area (Å²) in [4.78, 5) is 0. The second-order valence-corrected chi connectivity index (χ2v) is 6.24. The van der Waals surface area contributed by atoms with Gasteiger partial charge in [-0.2, -0.15) is 5.10 Å². The summed E-state index contributed by atoms with van der Waals surface area (Å²) in [6.45, 7) is 2.17. The summed E-state index contributed by atoms with van der Waals surface area (Å²) in [7, 11) is 0. The Morgan fingerprint density at radius 3 is 2.50 bits per heavy atom. The Bertz CT molecular complexity index is 639. The van der Waals surface area contributed by atoms with Crippen LogP contribution in [0.1, 0.15) is 18.5 Å². The van der Waals surface area contributed by atoms with E-state index in [1.807, 2.05) is 35.5 Å². The van der Waals surface area contributed by atoms with E-state index in [2.05, 4.69) is 52.2 Å². The Morgan fingerprint density at radius 1 is 1.10 bits per heavy atom. The molecule has 0 aliphatic carbocycles. The molecule has 20 heavy (non-hydrogen) atoms. The molecule has 0 saturated heterocycles. The number of hydrogen-bond acceptors (Lipinski definition) is 2. The molecule has 0 spiro atoms. The second kappa shape index (κ2) is 5.58. The van der Waals surface area contributed by atoms with Crippen LogP contribution >= 0.6 is 27.5 Å². The number of benzene rings is 2. The van der Waals surface area contributed by atoms with Crippen molar-refractivity contribution in [2.45, 2.75) is 13.0 Å². The lowest BCUT2D eigenvalue weighted by molar-refractivity contribution is 0.592. The van der Waals surface area contributed by atoms with Crippen LogP contribution in [-0.2, 0) is 0 Å². The van der Waals surface area contributed by atoms with Crippen LogP contribution < -0.4 is 5.01 Å². The van der Waals surface area contributed by atoms with Gasteiger partial charge in [-0.15, -0.1) is 0 Å². The average Bonchev–Trinajstić information content (AvgIpc) is 2.82. The van der Waals surface area contributed by atoms with Crippen molar-refractivity contribution in [1.29, 1.82) is 0 Å². The topological polar surface area (TPSA) is 15.6 Å². The van der Waals surface area contributed by atoms with E-state index >= 15 is 0 Å². The zero-order valence-corrected chi connectivity index (χ0v) is 13.3. The molecule has 0 saturated carbocycles. The highest BCUT2D eigenvalue weighted by molar-refractivity contribution is 9.10. The number of hydrogen-bond donors (Lipinski definition) is 0. The molecule has 2 atom stereocenters. The summed E-state index contributed by atoms with van der Waals surface area (Å²) < 4.78 is 1.08. The molecule has 1 heterocycles. The molecular formula is C16H14BrClN2. The number of anilines is 1. The summed E-state index contributed by atoms with van der Waals surface area (Å²) in [5, 5.41) is 7.27. The maximum atomic E-state index is 6.31. The van der Waals surface area contributed by atoms with E-state index in [1.54, 1.807) is 0 Å². The van der Waals surface area contributed by atoms with Crippen molar-refractivity contribution in [3.05, 3.63) is 63.6 Å². The predicted molar refractivity (Wildman–Crippen MR) is 88.5 cm³/mol. The van der Waals surface area contributed by atoms with Gasteiger partial charge in [-0.25, -0.2) is 0 Å². The molecule has 0 amide bonds. The lowest BCUT2D eigenvalue weighted by Crippen LogP contribution is -2.23. The van der Waals surface area contributed by atoms with E-state index in [-0.39, 0.29) is 6.04 Å². The van der Waals surface area contributed by atoms with Crippen molar-refractivity contribution in [3.8, 4) is 0 Å². The maximum Gasteiger partial charge on any atom is 0.0851 e. The fourth-order valence-electron chi connectivity index (χ4n) is 2.51. The Balaban J connectivity index is 2.00. The van der Waals surface area contributed by atoms with Gasteiger partial charge < -0.3 is 0 Å². The zero-order valence-electron chi connectivity index (χ0n) is 11.0. The van der Waals surface area contributed by atoms with Crippen LogP contribution in [0.2, 0.25) is 5.02 Å². The van der Waals surface area contributed by atoms with Gasteiger partial charge in [0.25, 0.3) is 0 Å². The Hall–Kier alpha value is -1.32. The summed E-state index contributed by atoms with van der Waals surface area (Å²) in [6, 6.07) is 16.4. The first-order valence-electron chi connectivity index (χ1n) is 6.50. The molecule has 0 N–H and O–H groups in total. The van der Waals surface area contributed by atoms with E-state index in [9.17, 15) is 0 Å². The molecule has 0 radical (unpaired) electrons. The van der Waals surface area contributed by atoms with Crippen molar-refractivity contribution in [3.63, 3.8) is 0 Å². The average molecular weight is 350 g/mol. The summed E-state index contributed by atoms with van der Waals surface area (Å²) >= 11 is 9.78. The SMILES string of the molecule is C[C@@H]1C=NN(c2ccccc2Cl)[C@H]1c1ccc(Br)cc1. The summed E-state index contributed by atoms with van der Waals surface area (Å²) in [5.74, 6) is 0.340. The van der Waals surface area contributed by atoms with Crippen LogP contribution in [0.4, 0.5) is 5.69 Å². The quantitative estimate of drug-likeness (QED) is 0.719. The lowest BCUT2D eigenvalue weighted by atomic mass is 9.96. The third-order valence-electron chi connectivity index (χ3n) is 3.50. The third kappa shape index (κ3) is 2.48. The smallest absolute Gasteiger partial charge is 0.0851 e. The largest absolute Gasteiger partial charge is 0.256 e. The molecule has 102 valence electrons. The molecule has 0 unspecified atom stereocenters. The summed E-state index contributed by atoms with van der Waals surface area (Å²) in [6.07, 6.45) is 1.98. The summed E-state index contributed by atoms with van der Waals surface area (Å²) in [5.41, 5.74) is 2.18. The van der Waals surface area contributed by atoms with Gasteiger partial charge in [0.15, 0.2) is 0 Å². The highest BCUT2D eigenvalue weighted by atomic mass is 79.9. The molecular weight excluding hydrogens is 336 g/mol. The highest BCUT2D eigenvalue weighted by Crippen LogP contribution is 2.39. The first-order valence-corrected chi connectivity index (χ1v) is 7.67. The minimum Gasteiger partial charge on any atom is -0.256 e. The minimum absolute atomic E-state index is 0.183. The van der Waals surface area contributed by atoms with E-state index in [1.165, 1.54) is 5.56 Å². The van der Waals surface area contributed by atoms with Gasteiger partial charge in [0.1, 0.15) is 0 Å². The lowest BCUT2D eigenvalue weighted by Gasteiger charge is -2.27. The predicted octanol–water partition coefficient (Wildman–Crippen LogP) is 5.29. The van der Waals surface area contributed by atoms with Gasteiger partial charge in [0.05, 0.1) is 16.8 Å². The van der Waals surface area contributed by atoms with E-state index < -0.39 is 0 Å². The van der Waals surface area contributed by atoms with Gasteiger partial charge in [0.2, 0.25) is 0 Å². The standard InChI is InChI=1S/C16H14BrClN2/c1-11-10-19-20(15-5-3-2-4-14(15)18)16(11)12-6-8-13(17)9-7-12/h2-11,16H,1H3/t11-,16-/m1/s1. The molecule has 4 heteroatoms. The molecule has 3 rings (SSSR count). The fraction of sp³-hybridized carbons (Fsp3) is 0.188. The normalized spacial score (nSPS) is 21.4. The molecule has 2 nitrogen and oxygen atoms in total. The van der Waals surface area contributed by atoms with Crippen LogP contribution in [0.25, 0.3) is 0 Å². The molecule has 0 bridgehead atoms. The van der Waals surface area contributed by atoms with Crippen LogP contribution in [-0.4, -0.2) is 6.21 Å².